The van der Waals surface area contributed by atoms with Crippen molar-refractivity contribution in [3.8, 4) is 0 Å². The summed E-state index contributed by atoms with van der Waals surface area (Å²) in [7, 11) is 0. The van der Waals surface area contributed by atoms with E-state index in [-0.39, 0.29) is 23.7 Å². The van der Waals surface area contributed by atoms with Crippen LogP contribution in [0.25, 0.3) is 6.08 Å². The number of amides is 2. The Kier molecular flexibility index (Phi) is 7.26. The van der Waals surface area contributed by atoms with Gasteiger partial charge in [-0.05, 0) is 53.2 Å². The highest BCUT2D eigenvalue weighted by atomic mass is 35.5. The third-order valence-corrected chi connectivity index (χ3v) is 7.03. The van der Waals surface area contributed by atoms with Gasteiger partial charge >= 0.3 is 0 Å². The van der Waals surface area contributed by atoms with E-state index in [2.05, 4.69) is 10.2 Å². The standard InChI is InChI=1S/C22H20Cl3N3O2S/c23-15-3-1-14(2-4-15)11-20-21(29)28(22(30)31-20)13-19(27-9-7-26-8-10-27)17-6-5-16(24)12-18(17)25/h1-6,11-12,19,26H,7-10,13H2/b20-11-. The molecular formula is C22H20Cl3N3O2S. The maximum atomic E-state index is 13.1. The Labute approximate surface area is 200 Å². The van der Waals surface area contributed by atoms with E-state index in [9.17, 15) is 9.59 Å². The minimum atomic E-state index is -0.296. The highest BCUT2D eigenvalue weighted by Crippen LogP contribution is 2.37. The van der Waals surface area contributed by atoms with Crippen LogP contribution in [0.2, 0.25) is 15.1 Å². The first-order valence-electron chi connectivity index (χ1n) is 9.83. The number of nitrogens with zero attached hydrogens (tertiary/aromatic N) is 2. The van der Waals surface area contributed by atoms with Crippen molar-refractivity contribution >= 4 is 63.8 Å². The fraction of sp³-hybridized carbons (Fsp3) is 0.273. The Hall–Kier alpha value is -1.54. The summed E-state index contributed by atoms with van der Waals surface area (Å²) in [4.78, 5) is 29.8. The highest BCUT2D eigenvalue weighted by Gasteiger charge is 2.38. The molecule has 2 amide bonds. The van der Waals surface area contributed by atoms with Crippen molar-refractivity contribution in [3.63, 3.8) is 0 Å². The van der Waals surface area contributed by atoms with Crippen LogP contribution >= 0.6 is 46.6 Å². The van der Waals surface area contributed by atoms with Gasteiger partial charge < -0.3 is 5.32 Å². The lowest BCUT2D eigenvalue weighted by atomic mass is 10.0. The van der Waals surface area contributed by atoms with Gasteiger partial charge in [-0.15, -0.1) is 0 Å². The zero-order chi connectivity index (χ0) is 22.0. The monoisotopic (exact) mass is 495 g/mol. The predicted octanol–water partition coefficient (Wildman–Crippen LogP) is 5.33. The molecule has 2 heterocycles. The number of carbonyl (C=O) groups is 2. The molecule has 1 N–H and O–H groups in total. The van der Waals surface area contributed by atoms with E-state index in [0.29, 0.717) is 20.0 Å². The molecule has 2 saturated heterocycles. The molecule has 162 valence electrons. The minimum absolute atomic E-state index is 0.213. The Morgan fingerprint density at radius 1 is 1.00 bits per heavy atom. The molecular weight excluding hydrogens is 477 g/mol. The quantitative estimate of drug-likeness (QED) is 0.567. The maximum absolute atomic E-state index is 13.1. The number of carbonyl (C=O) groups excluding carboxylic acids is 2. The number of piperazine rings is 1. The van der Waals surface area contributed by atoms with Crippen molar-refractivity contribution in [2.45, 2.75) is 6.04 Å². The molecule has 0 saturated carbocycles. The number of hydrogen-bond donors (Lipinski definition) is 1. The number of imide groups is 1. The second-order valence-corrected chi connectivity index (χ2v) is 9.58. The molecule has 2 aliphatic heterocycles. The highest BCUT2D eigenvalue weighted by molar-refractivity contribution is 8.18. The van der Waals surface area contributed by atoms with Crippen molar-refractivity contribution in [1.82, 2.24) is 15.1 Å². The van der Waals surface area contributed by atoms with Gasteiger partial charge in [-0.1, -0.05) is 53.0 Å². The zero-order valence-corrected chi connectivity index (χ0v) is 19.6. The van der Waals surface area contributed by atoms with Crippen LogP contribution in [-0.2, 0) is 4.79 Å². The number of hydrogen-bond acceptors (Lipinski definition) is 5. The number of benzene rings is 2. The molecule has 2 fully saturated rings. The van der Waals surface area contributed by atoms with Crippen LogP contribution < -0.4 is 5.32 Å². The summed E-state index contributed by atoms with van der Waals surface area (Å²) in [6, 6.07) is 12.3. The molecule has 1 unspecified atom stereocenters. The summed E-state index contributed by atoms with van der Waals surface area (Å²) in [6.45, 7) is 3.48. The lowest BCUT2D eigenvalue weighted by molar-refractivity contribution is -0.123. The minimum Gasteiger partial charge on any atom is -0.314 e. The molecule has 0 aliphatic carbocycles. The second-order valence-electron chi connectivity index (χ2n) is 7.31. The molecule has 0 radical (unpaired) electrons. The number of rotatable bonds is 5. The van der Waals surface area contributed by atoms with Crippen molar-refractivity contribution in [3.05, 3.63) is 73.6 Å². The van der Waals surface area contributed by atoms with E-state index >= 15 is 0 Å². The first kappa shape index (κ1) is 22.6. The van der Waals surface area contributed by atoms with Gasteiger partial charge in [-0.25, -0.2) is 0 Å². The van der Waals surface area contributed by atoms with E-state index in [1.807, 2.05) is 18.2 Å². The lowest BCUT2D eigenvalue weighted by Gasteiger charge is -2.37. The molecule has 0 aromatic heterocycles. The molecule has 1 atom stereocenters. The maximum Gasteiger partial charge on any atom is 0.293 e. The molecule has 2 aromatic carbocycles. The van der Waals surface area contributed by atoms with E-state index in [4.69, 9.17) is 34.8 Å². The first-order chi connectivity index (χ1) is 14.9. The van der Waals surface area contributed by atoms with Gasteiger partial charge in [-0.2, -0.15) is 0 Å². The molecule has 0 bridgehead atoms. The summed E-state index contributed by atoms with van der Waals surface area (Å²) >= 11 is 19.5. The van der Waals surface area contributed by atoms with Crippen molar-refractivity contribution in [2.75, 3.05) is 32.7 Å². The Morgan fingerprint density at radius 3 is 2.35 bits per heavy atom. The first-order valence-corrected chi connectivity index (χ1v) is 11.8. The van der Waals surface area contributed by atoms with E-state index < -0.39 is 0 Å². The van der Waals surface area contributed by atoms with Crippen molar-refractivity contribution < 1.29 is 9.59 Å². The smallest absolute Gasteiger partial charge is 0.293 e. The third-order valence-electron chi connectivity index (χ3n) is 5.31. The van der Waals surface area contributed by atoms with Crippen LogP contribution in [0.5, 0.6) is 0 Å². The lowest BCUT2D eigenvalue weighted by Crippen LogP contribution is -2.48. The van der Waals surface area contributed by atoms with Crippen LogP contribution in [-0.4, -0.2) is 53.7 Å². The Morgan fingerprint density at radius 2 is 1.68 bits per heavy atom. The van der Waals surface area contributed by atoms with Crippen LogP contribution in [0.3, 0.4) is 0 Å². The third kappa shape index (κ3) is 5.28. The second kappa shape index (κ2) is 9.94. The SMILES string of the molecule is O=C1S/C(=C\c2ccc(Cl)cc2)C(=O)N1CC(c1ccc(Cl)cc1Cl)N1CCNCC1. The average molecular weight is 497 g/mol. The van der Waals surface area contributed by atoms with E-state index in [0.717, 1.165) is 49.1 Å². The summed E-state index contributed by atoms with van der Waals surface area (Å²) in [5.74, 6) is -0.296. The van der Waals surface area contributed by atoms with Crippen molar-refractivity contribution in [2.24, 2.45) is 0 Å². The summed E-state index contributed by atoms with van der Waals surface area (Å²) in [5, 5.41) is 4.73. The number of halogens is 3. The van der Waals surface area contributed by atoms with Crippen molar-refractivity contribution in [1.29, 1.82) is 0 Å². The van der Waals surface area contributed by atoms with Gasteiger partial charge in [0.1, 0.15) is 0 Å². The predicted molar refractivity (Wildman–Crippen MR) is 128 cm³/mol. The van der Waals surface area contributed by atoms with Gasteiger partial charge in [0, 0.05) is 47.8 Å². The molecule has 31 heavy (non-hydrogen) atoms. The Bertz CT molecular complexity index is 1020. The Balaban J connectivity index is 1.60. The molecule has 2 aromatic rings. The number of thioether (sulfide) groups is 1. The fourth-order valence-corrected chi connectivity index (χ4v) is 5.23. The van der Waals surface area contributed by atoms with Gasteiger partial charge in [0.05, 0.1) is 10.9 Å². The topological polar surface area (TPSA) is 52.7 Å². The molecule has 4 rings (SSSR count). The van der Waals surface area contributed by atoms with Crippen LogP contribution in [0.15, 0.2) is 47.4 Å². The van der Waals surface area contributed by atoms with Gasteiger partial charge in [0.15, 0.2) is 0 Å². The van der Waals surface area contributed by atoms with Crippen LogP contribution in [0.4, 0.5) is 4.79 Å². The zero-order valence-electron chi connectivity index (χ0n) is 16.5. The van der Waals surface area contributed by atoms with E-state index in [1.165, 1.54) is 4.90 Å². The molecule has 5 nitrogen and oxygen atoms in total. The van der Waals surface area contributed by atoms with Crippen LogP contribution in [0, 0.1) is 0 Å². The molecule has 0 spiro atoms. The summed E-state index contributed by atoms with van der Waals surface area (Å²) < 4.78 is 0. The fourth-order valence-electron chi connectivity index (χ4n) is 3.72. The summed E-state index contributed by atoms with van der Waals surface area (Å²) in [6.07, 6.45) is 1.72. The van der Waals surface area contributed by atoms with Gasteiger partial charge in [0.2, 0.25) is 0 Å². The summed E-state index contributed by atoms with van der Waals surface area (Å²) in [5.41, 5.74) is 1.67. The average Bonchev–Trinajstić information content (AvgIpc) is 3.02. The normalized spacial score (nSPS) is 20.0. The molecule has 2 aliphatic rings. The largest absolute Gasteiger partial charge is 0.314 e. The van der Waals surface area contributed by atoms with Gasteiger partial charge in [0.25, 0.3) is 11.1 Å². The van der Waals surface area contributed by atoms with Crippen LogP contribution in [0.1, 0.15) is 17.2 Å². The van der Waals surface area contributed by atoms with Gasteiger partial charge in [-0.3, -0.25) is 19.4 Å². The van der Waals surface area contributed by atoms with E-state index in [1.54, 1.807) is 30.3 Å². The molecule has 9 heteroatoms. The number of nitrogens with one attached hydrogen (secondary N) is 1.